The fourth-order valence-electron chi connectivity index (χ4n) is 2.75. The molecule has 1 N–H and O–H groups in total. The molecule has 0 aliphatic carbocycles. The van der Waals surface area contributed by atoms with Crippen molar-refractivity contribution in [3.8, 4) is 17.4 Å². The molecule has 3 aromatic heterocycles. The van der Waals surface area contributed by atoms with E-state index in [0.29, 0.717) is 42.8 Å². The molecule has 9 nitrogen and oxygen atoms in total. The van der Waals surface area contributed by atoms with Crippen molar-refractivity contribution in [3.63, 3.8) is 0 Å². The smallest absolute Gasteiger partial charge is 0.291 e. The van der Waals surface area contributed by atoms with Crippen molar-refractivity contribution in [2.24, 2.45) is 0 Å². The van der Waals surface area contributed by atoms with Crippen molar-refractivity contribution in [3.05, 3.63) is 42.5 Å². The Balaban J connectivity index is 1.53. The van der Waals surface area contributed by atoms with E-state index in [0.717, 1.165) is 6.42 Å². The van der Waals surface area contributed by atoms with Crippen LogP contribution >= 0.6 is 0 Å². The number of hydrogen-bond acceptors (Lipinski definition) is 7. The summed E-state index contributed by atoms with van der Waals surface area (Å²) in [6, 6.07) is 7.03. The summed E-state index contributed by atoms with van der Waals surface area (Å²) in [6.45, 7) is 3.57. The standard InChI is InChI=1S/C18H19N5O4/c1-2-26-14-4-3-8-19-18(14)27-13-5-6-15-21-16(22-23(15)10-13)17(24)20-12-7-9-25-11-12/h3-6,8,10,12H,2,7,9,11H2,1H3,(H,20,24)/t12-/m0/s1. The second-order valence-corrected chi connectivity index (χ2v) is 5.98. The number of nitrogens with zero attached hydrogens (tertiary/aromatic N) is 4. The van der Waals surface area contributed by atoms with Crippen molar-refractivity contribution in [2.75, 3.05) is 19.8 Å². The van der Waals surface area contributed by atoms with Gasteiger partial charge in [-0.3, -0.25) is 4.79 Å². The average molecular weight is 369 g/mol. The Bertz CT molecular complexity index is 952. The molecular weight excluding hydrogens is 350 g/mol. The van der Waals surface area contributed by atoms with E-state index in [1.807, 2.05) is 6.92 Å². The minimum atomic E-state index is -0.319. The van der Waals surface area contributed by atoms with Gasteiger partial charge >= 0.3 is 0 Å². The molecule has 1 aliphatic rings. The number of fused-ring (bicyclic) bond motifs is 1. The minimum absolute atomic E-state index is 0.00384. The maximum Gasteiger partial charge on any atom is 0.291 e. The van der Waals surface area contributed by atoms with E-state index in [1.54, 1.807) is 36.7 Å². The van der Waals surface area contributed by atoms with Gasteiger partial charge in [0.05, 0.1) is 25.5 Å². The van der Waals surface area contributed by atoms with Gasteiger partial charge in [0.15, 0.2) is 11.4 Å². The van der Waals surface area contributed by atoms with Gasteiger partial charge in [0.1, 0.15) is 5.75 Å². The maximum atomic E-state index is 12.3. The summed E-state index contributed by atoms with van der Waals surface area (Å²) in [5.74, 6) is 1.20. The fraction of sp³-hybridized carbons (Fsp3) is 0.333. The molecule has 27 heavy (non-hydrogen) atoms. The van der Waals surface area contributed by atoms with Gasteiger partial charge in [-0.15, -0.1) is 5.10 Å². The topological polar surface area (TPSA) is 99.9 Å². The summed E-state index contributed by atoms with van der Waals surface area (Å²) >= 11 is 0. The monoisotopic (exact) mass is 369 g/mol. The zero-order chi connectivity index (χ0) is 18.6. The van der Waals surface area contributed by atoms with Crippen LogP contribution in [0.4, 0.5) is 0 Å². The van der Waals surface area contributed by atoms with Crippen LogP contribution in [-0.2, 0) is 4.74 Å². The van der Waals surface area contributed by atoms with Crippen molar-refractivity contribution in [1.29, 1.82) is 0 Å². The number of pyridine rings is 2. The molecule has 9 heteroatoms. The van der Waals surface area contributed by atoms with Crippen LogP contribution in [0.25, 0.3) is 5.65 Å². The molecule has 1 atom stereocenters. The molecule has 4 rings (SSSR count). The van der Waals surface area contributed by atoms with E-state index in [9.17, 15) is 4.79 Å². The molecule has 3 aromatic rings. The fourth-order valence-corrected chi connectivity index (χ4v) is 2.75. The Labute approximate surface area is 155 Å². The number of hydrogen-bond donors (Lipinski definition) is 1. The molecule has 4 heterocycles. The van der Waals surface area contributed by atoms with E-state index in [2.05, 4.69) is 20.4 Å². The Morgan fingerprint density at radius 2 is 2.33 bits per heavy atom. The minimum Gasteiger partial charge on any atom is -0.488 e. The van der Waals surface area contributed by atoms with Crippen molar-refractivity contribution >= 4 is 11.6 Å². The molecule has 140 valence electrons. The van der Waals surface area contributed by atoms with Crippen molar-refractivity contribution in [2.45, 2.75) is 19.4 Å². The summed E-state index contributed by atoms with van der Waals surface area (Å²) in [6.07, 6.45) is 4.06. The third kappa shape index (κ3) is 3.82. The number of aromatic nitrogens is 4. The molecule has 1 saturated heterocycles. The molecular formula is C18H19N5O4. The van der Waals surface area contributed by atoms with Gasteiger partial charge in [-0.1, -0.05) is 0 Å². The first-order valence-electron chi connectivity index (χ1n) is 8.73. The van der Waals surface area contributed by atoms with Crippen LogP contribution in [0.5, 0.6) is 17.4 Å². The van der Waals surface area contributed by atoms with Crippen LogP contribution < -0.4 is 14.8 Å². The molecule has 0 bridgehead atoms. The molecule has 0 aromatic carbocycles. The van der Waals surface area contributed by atoms with Gasteiger partial charge in [-0.05, 0) is 37.6 Å². The highest BCUT2D eigenvalue weighted by atomic mass is 16.5. The first kappa shape index (κ1) is 17.2. The van der Waals surface area contributed by atoms with Gasteiger partial charge < -0.3 is 19.5 Å². The lowest BCUT2D eigenvalue weighted by Crippen LogP contribution is -2.35. The first-order chi connectivity index (χ1) is 13.2. The van der Waals surface area contributed by atoms with Gasteiger partial charge in [0, 0.05) is 12.8 Å². The summed E-state index contributed by atoms with van der Waals surface area (Å²) in [4.78, 5) is 20.7. The van der Waals surface area contributed by atoms with Gasteiger partial charge in [-0.2, -0.15) is 0 Å². The Morgan fingerprint density at radius 1 is 1.41 bits per heavy atom. The Kier molecular flexibility index (Phi) is 4.84. The van der Waals surface area contributed by atoms with Crippen LogP contribution in [0.2, 0.25) is 0 Å². The largest absolute Gasteiger partial charge is 0.488 e. The SMILES string of the molecule is CCOc1cccnc1Oc1ccc2nc(C(=O)N[C@H]3CCOC3)nn2c1. The van der Waals surface area contributed by atoms with Crippen LogP contribution in [0, 0.1) is 0 Å². The number of rotatable bonds is 6. The Morgan fingerprint density at radius 3 is 3.15 bits per heavy atom. The van der Waals surface area contributed by atoms with Crippen molar-refractivity contribution in [1.82, 2.24) is 24.9 Å². The first-order valence-corrected chi connectivity index (χ1v) is 8.73. The number of nitrogens with one attached hydrogen (secondary N) is 1. The van der Waals surface area contributed by atoms with Crippen LogP contribution in [0.1, 0.15) is 24.0 Å². The normalized spacial score (nSPS) is 16.4. The number of amides is 1. The second kappa shape index (κ2) is 7.58. The summed E-state index contributed by atoms with van der Waals surface area (Å²) < 4.78 is 18.1. The highest BCUT2D eigenvalue weighted by Gasteiger charge is 2.21. The maximum absolute atomic E-state index is 12.3. The van der Waals surface area contributed by atoms with E-state index in [4.69, 9.17) is 14.2 Å². The highest BCUT2D eigenvalue weighted by molar-refractivity contribution is 5.91. The van der Waals surface area contributed by atoms with E-state index in [-0.39, 0.29) is 17.8 Å². The van der Waals surface area contributed by atoms with Gasteiger partial charge in [-0.25, -0.2) is 14.5 Å². The predicted molar refractivity (Wildman–Crippen MR) is 95.2 cm³/mol. The summed E-state index contributed by atoms with van der Waals surface area (Å²) in [7, 11) is 0. The lowest BCUT2D eigenvalue weighted by molar-refractivity contribution is 0.0919. The molecule has 1 aliphatic heterocycles. The third-order valence-corrected chi connectivity index (χ3v) is 4.02. The van der Waals surface area contributed by atoms with Crippen LogP contribution in [0.15, 0.2) is 36.7 Å². The molecule has 0 unspecified atom stereocenters. The van der Waals surface area contributed by atoms with Crippen LogP contribution in [0.3, 0.4) is 0 Å². The molecule has 0 spiro atoms. The van der Waals surface area contributed by atoms with E-state index < -0.39 is 0 Å². The van der Waals surface area contributed by atoms with Gasteiger partial charge in [0.25, 0.3) is 11.8 Å². The second-order valence-electron chi connectivity index (χ2n) is 5.98. The van der Waals surface area contributed by atoms with E-state index in [1.165, 1.54) is 4.52 Å². The quantitative estimate of drug-likeness (QED) is 0.707. The zero-order valence-corrected chi connectivity index (χ0v) is 14.8. The Hall–Kier alpha value is -3.20. The predicted octanol–water partition coefficient (Wildman–Crippen LogP) is 1.83. The lowest BCUT2D eigenvalue weighted by atomic mass is 10.2. The number of carbonyl (C=O) groups excluding carboxylic acids is 1. The summed E-state index contributed by atoms with van der Waals surface area (Å²) in [5.41, 5.74) is 0.543. The number of ether oxygens (including phenoxy) is 3. The molecule has 1 fully saturated rings. The lowest BCUT2D eigenvalue weighted by Gasteiger charge is -2.09. The molecule has 0 radical (unpaired) electrons. The van der Waals surface area contributed by atoms with Crippen molar-refractivity contribution < 1.29 is 19.0 Å². The third-order valence-electron chi connectivity index (χ3n) is 4.02. The molecule has 0 saturated carbocycles. The highest BCUT2D eigenvalue weighted by Crippen LogP contribution is 2.28. The average Bonchev–Trinajstić information content (AvgIpc) is 3.32. The number of carbonyl (C=O) groups is 1. The zero-order valence-electron chi connectivity index (χ0n) is 14.8. The summed E-state index contributed by atoms with van der Waals surface area (Å²) in [5, 5.41) is 7.11. The van der Waals surface area contributed by atoms with Gasteiger partial charge in [0.2, 0.25) is 5.82 Å². The van der Waals surface area contributed by atoms with Crippen LogP contribution in [-0.4, -0.2) is 51.4 Å². The van der Waals surface area contributed by atoms with E-state index >= 15 is 0 Å². The molecule has 1 amide bonds.